The Labute approximate surface area is 99.3 Å². The molecule has 0 bridgehead atoms. The van der Waals surface area contributed by atoms with Crippen LogP contribution in [0.25, 0.3) is 0 Å². The lowest BCUT2D eigenvalue weighted by Gasteiger charge is -2.42. The molecule has 0 aromatic carbocycles. The van der Waals surface area contributed by atoms with Gasteiger partial charge in [-0.1, -0.05) is 6.92 Å². The van der Waals surface area contributed by atoms with E-state index < -0.39 is 9.84 Å². The van der Waals surface area contributed by atoms with E-state index in [0.717, 1.165) is 32.6 Å². The molecule has 1 fully saturated rings. The van der Waals surface area contributed by atoms with E-state index in [9.17, 15) is 8.42 Å². The lowest BCUT2D eigenvalue weighted by Crippen LogP contribution is -2.58. The Morgan fingerprint density at radius 3 is 2.62 bits per heavy atom. The quantitative estimate of drug-likeness (QED) is 0.769. The highest BCUT2D eigenvalue weighted by molar-refractivity contribution is 7.91. The maximum Gasteiger partial charge on any atom is 0.150 e. The fourth-order valence-corrected chi connectivity index (χ4v) is 2.91. The fraction of sp³-hybridized carbons (Fsp3) is 1.00. The first-order valence-corrected chi connectivity index (χ1v) is 7.86. The van der Waals surface area contributed by atoms with Crippen LogP contribution in [-0.2, 0) is 9.84 Å². The summed E-state index contributed by atoms with van der Waals surface area (Å²) in [6, 6.07) is 0. The van der Waals surface area contributed by atoms with Crippen molar-refractivity contribution in [1.82, 2.24) is 10.2 Å². The second-order valence-corrected chi connectivity index (χ2v) is 7.54. The van der Waals surface area contributed by atoms with Crippen molar-refractivity contribution < 1.29 is 8.42 Å². The van der Waals surface area contributed by atoms with E-state index in [2.05, 4.69) is 24.1 Å². The van der Waals surface area contributed by atoms with Gasteiger partial charge in [-0.15, -0.1) is 0 Å². The average molecular weight is 248 g/mol. The Morgan fingerprint density at radius 1 is 1.38 bits per heavy atom. The number of nitrogens with one attached hydrogen (secondary N) is 1. The first kappa shape index (κ1) is 13.9. The van der Waals surface area contributed by atoms with Gasteiger partial charge < -0.3 is 5.32 Å². The molecule has 0 aromatic heterocycles. The summed E-state index contributed by atoms with van der Waals surface area (Å²) in [5.74, 6) is 0.585. The molecule has 5 heteroatoms. The molecule has 1 rings (SSSR count). The van der Waals surface area contributed by atoms with Gasteiger partial charge in [0.15, 0.2) is 0 Å². The van der Waals surface area contributed by atoms with Gasteiger partial charge in [0, 0.05) is 30.9 Å². The van der Waals surface area contributed by atoms with Crippen molar-refractivity contribution in [2.24, 2.45) is 0 Å². The molecule has 0 amide bonds. The first-order valence-electron chi connectivity index (χ1n) is 6.03. The molecule has 0 atom stereocenters. The van der Waals surface area contributed by atoms with E-state index in [1.807, 2.05) is 0 Å². The SMILES string of the molecule is CCS(=O)(=O)CCCN1CCNCC1(C)C. The van der Waals surface area contributed by atoms with Crippen LogP contribution in [0.15, 0.2) is 0 Å². The molecule has 96 valence electrons. The van der Waals surface area contributed by atoms with Gasteiger partial charge in [0.25, 0.3) is 0 Å². The molecule has 1 heterocycles. The summed E-state index contributed by atoms with van der Waals surface area (Å²) >= 11 is 0. The Morgan fingerprint density at radius 2 is 2.06 bits per heavy atom. The zero-order valence-electron chi connectivity index (χ0n) is 10.6. The second kappa shape index (κ2) is 5.47. The van der Waals surface area contributed by atoms with E-state index in [0.29, 0.717) is 5.75 Å². The van der Waals surface area contributed by atoms with Gasteiger partial charge in [-0.2, -0.15) is 0 Å². The van der Waals surface area contributed by atoms with Crippen LogP contribution in [0.4, 0.5) is 0 Å². The molecule has 0 saturated carbocycles. The number of piperazine rings is 1. The smallest absolute Gasteiger partial charge is 0.150 e. The number of nitrogens with zero attached hydrogens (tertiary/aromatic N) is 1. The predicted molar refractivity (Wildman–Crippen MR) is 67.5 cm³/mol. The van der Waals surface area contributed by atoms with Gasteiger partial charge in [0.05, 0.1) is 5.75 Å². The minimum Gasteiger partial charge on any atom is -0.314 e. The third-order valence-electron chi connectivity index (χ3n) is 3.30. The molecule has 0 aliphatic carbocycles. The highest BCUT2D eigenvalue weighted by atomic mass is 32.2. The van der Waals surface area contributed by atoms with Gasteiger partial charge in [0.2, 0.25) is 0 Å². The monoisotopic (exact) mass is 248 g/mol. The van der Waals surface area contributed by atoms with Crippen LogP contribution in [0, 0.1) is 0 Å². The molecule has 0 aromatic rings. The maximum absolute atomic E-state index is 11.4. The van der Waals surface area contributed by atoms with Crippen LogP contribution < -0.4 is 5.32 Å². The van der Waals surface area contributed by atoms with Crippen LogP contribution >= 0.6 is 0 Å². The molecular weight excluding hydrogens is 224 g/mol. The molecule has 1 saturated heterocycles. The van der Waals surface area contributed by atoms with Crippen LogP contribution in [-0.4, -0.2) is 56.5 Å². The molecule has 1 N–H and O–H groups in total. The minimum absolute atomic E-state index is 0.147. The molecule has 0 unspecified atom stereocenters. The van der Waals surface area contributed by atoms with Gasteiger partial charge in [0.1, 0.15) is 9.84 Å². The van der Waals surface area contributed by atoms with Crippen molar-refractivity contribution in [3.8, 4) is 0 Å². The lowest BCUT2D eigenvalue weighted by molar-refractivity contribution is 0.0911. The molecule has 4 nitrogen and oxygen atoms in total. The number of hydrogen-bond acceptors (Lipinski definition) is 4. The van der Waals surface area contributed by atoms with Gasteiger partial charge >= 0.3 is 0 Å². The Balaban J connectivity index is 2.37. The van der Waals surface area contributed by atoms with E-state index in [1.54, 1.807) is 6.92 Å². The molecule has 16 heavy (non-hydrogen) atoms. The summed E-state index contributed by atoms with van der Waals surface area (Å²) in [7, 11) is -2.80. The van der Waals surface area contributed by atoms with Crippen molar-refractivity contribution in [3.05, 3.63) is 0 Å². The standard InChI is InChI=1S/C11H24N2O2S/c1-4-16(14,15)9-5-7-13-8-6-12-10-11(13,2)3/h12H,4-10H2,1-3H3. The first-order chi connectivity index (χ1) is 7.37. The van der Waals surface area contributed by atoms with Crippen molar-refractivity contribution in [3.63, 3.8) is 0 Å². The highest BCUT2D eigenvalue weighted by Gasteiger charge is 2.28. The second-order valence-electron chi connectivity index (χ2n) is 5.07. The summed E-state index contributed by atoms with van der Waals surface area (Å²) in [6.45, 7) is 10.00. The maximum atomic E-state index is 11.4. The van der Waals surface area contributed by atoms with E-state index in [-0.39, 0.29) is 11.3 Å². The van der Waals surface area contributed by atoms with Crippen molar-refractivity contribution >= 4 is 9.84 Å². The lowest BCUT2D eigenvalue weighted by atomic mass is 10.00. The summed E-state index contributed by atoms with van der Waals surface area (Å²) in [5, 5.41) is 3.36. The number of sulfone groups is 1. The largest absolute Gasteiger partial charge is 0.314 e. The number of hydrogen-bond donors (Lipinski definition) is 1. The highest BCUT2D eigenvalue weighted by Crippen LogP contribution is 2.16. The van der Waals surface area contributed by atoms with Crippen molar-refractivity contribution in [2.45, 2.75) is 32.7 Å². The van der Waals surface area contributed by atoms with Gasteiger partial charge in [-0.25, -0.2) is 8.42 Å². The Hall–Kier alpha value is -0.130. The molecule has 0 radical (unpaired) electrons. The molecule has 1 aliphatic heterocycles. The Kier molecular flexibility index (Phi) is 4.76. The van der Waals surface area contributed by atoms with Crippen LogP contribution in [0.3, 0.4) is 0 Å². The van der Waals surface area contributed by atoms with Crippen LogP contribution in [0.5, 0.6) is 0 Å². The Bertz CT molecular complexity index is 312. The molecule has 0 spiro atoms. The fourth-order valence-electron chi connectivity index (χ4n) is 2.06. The zero-order valence-corrected chi connectivity index (χ0v) is 11.4. The van der Waals surface area contributed by atoms with Gasteiger partial charge in [-0.3, -0.25) is 4.90 Å². The average Bonchev–Trinajstić information content (AvgIpc) is 2.20. The van der Waals surface area contributed by atoms with Gasteiger partial charge in [-0.05, 0) is 26.8 Å². The van der Waals surface area contributed by atoms with Crippen LogP contribution in [0.2, 0.25) is 0 Å². The van der Waals surface area contributed by atoms with E-state index in [4.69, 9.17) is 0 Å². The summed E-state index contributed by atoms with van der Waals surface area (Å²) in [5.41, 5.74) is 0.147. The zero-order chi connectivity index (χ0) is 12.2. The molecule has 1 aliphatic rings. The van der Waals surface area contributed by atoms with Crippen molar-refractivity contribution in [1.29, 1.82) is 0 Å². The third kappa shape index (κ3) is 4.03. The summed E-state index contributed by atoms with van der Waals surface area (Å²) in [6.07, 6.45) is 0.750. The third-order valence-corrected chi connectivity index (χ3v) is 5.09. The summed E-state index contributed by atoms with van der Waals surface area (Å²) < 4.78 is 22.7. The van der Waals surface area contributed by atoms with E-state index in [1.165, 1.54) is 0 Å². The number of rotatable bonds is 5. The predicted octanol–water partition coefficient (Wildman–Crippen LogP) is 0.495. The topological polar surface area (TPSA) is 49.4 Å². The molecular formula is C11H24N2O2S. The van der Waals surface area contributed by atoms with Crippen molar-refractivity contribution in [2.75, 3.05) is 37.7 Å². The normalized spacial score (nSPS) is 22.2. The summed E-state index contributed by atoms with van der Waals surface area (Å²) in [4.78, 5) is 2.38. The van der Waals surface area contributed by atoms with Crippen LogP contribution in [0.1, 0.15) is 27.2 Å². The van der Waals surface area contributed by atoms with E-state index >= 15 is 0 Å². The minimum atomic E-state index is -2.80.